The predicted molar refractivity (Wildman–Crippen MR) is 64.2 cm³/mol. The molecule has 102 valence electrons. The van der Waals surface area contributed by atoms with Gasteiger partial charge in [-0.05, 0) is 32.2 Å². The lowest BCUT2D eigenvalue weighted by molar-refractivity contribution is -0.154. The quantitative estimate of drug-likeness (QED) is 0.645. The molecule has 1 amide bonds. The summed E-state index contributed by atoms with van der Waals surface area (Å²) in [5, 5.41) is 15.2. The first kappa shape index (κ1) is 13.3. The van der Waals surface area contributed by atoms with Crippen LogP contribution in [0, 0.1) is 5.41 Å². The maximum absolute atomic E-state index is 11.9. The molecule has 6 nitrogen and oxygen atoms in total. The fourth-order valence-corrected chi connectivity index (χ4v) is 2.52. The van der Waals surface area contributed by atoms with Crippen LogP contribution in [-0.2, 0) is 14.3 Å². The van der Waals surface area contributed by atoms with Crippen LogP contribution in [0.3, 0.4) is 0 Å². The van der Waals surface area contributed by atoms with Crippen molar-refractivity contribution in [3.05, 3.63) is 0 Å². The first-order valence-corrected chi connectivity index (χ1v) is 6.46. The van der Waals surface area contributed by atoms with Gasteiger partial charge < -0.3 is 20.5 Å². The van der Waals surface area contributed by atoms with Gasteiger partial charge in [-0.1, -0.05) is 0 Å². The highest BCUT2D eigenvalue weighted by Crippen LogP contribution is 2.30. The molecule has 3 N–H and O–H groups in total. The van der Waals surface area contributed by atoms with Gasteiger partial charge in [0.25, 0.3) is 0 Å². The molecule has 2 saturated heterocycles. The topological polar surface area (TPSA) is 87.7 Å². The van der Waals surface area contributed by atoms with Crippen LogP contribution in [0.25, 0.3) is 0 Å². The van der Waals surface area contributed by atoms with E-state index >= 15 is 0 Å². The Labute approximate surface area is 106 Å². The highest BCUT2D eigenvalue weighted by molar-refractivity contribution is 5.83. The number of aliphatic carboxylic acids is 1. The van der Waals surface area contributed by atoms with Gasteiger partial charge in [0, 0.05) is 19.8 Å². The summed E-state index contributed by atoms with van der Waals surface area (Å²) in [4.78, 5) is 23.2. The lowest BCUT2D eigenvalue weighted by Crippen LogP contribution is -2.50. The molecule has 6 heteroatoms. The molecular weight excluding hydrogens is 236 g/mol. The lowest BCUT2D eigenvalue weighted by atomic mass is 9.80. The average Bonchev–Trinajstić information content (AvgIpc) is 2.91. The van der Waals surface area contributed by atoms with Crippen LogP contribution in [0.4, 0.5) is 0 Å². The third-order valence-electron chi connectivity index (χ3n) is 3.88. The van der Waals surface area contributed by atoms with Gasteiger partial charge in [-0.15, -0.1) is 0 Å². The van der Waals surface area contributed by atoms with E-state index in [0.29, 0.717) is 26.1 Å². The molecule has 2 fully saturated rings. The van der Waals surface area contributed by atoms with Crippen LogP contribution in [0.2, 0.25) is 0 Å². The summed E-state index contributed by atoms with van der Waals surface area (Å²) >= 11 is 0. The van der Waals surface area contributed by atoms with Crippen molar-refractivity contribution in [1.29, 1.82) is 0 Å². The molecule has 18 heavy (non-hydrogen) atoms. The highest BCUT2D eigenvalue weighted by atomic mass is 16.5. The highest BCUT2D eigenvalue weighted by Gasteiger charge is 2.40. The standard InChI is InChI=1S/C12H20N2O4/c15-10(9-2-1-5-13-9)14-8-12(11(16)17)3-6-18-7-4-12/h9,13H,1-8H2,(H,14,15)(H,16,17)/t9-/m1/s1. The van der Waals surface area contributed by atoms with Crippen molar-refractivity contribution in [2.45, 2.75) is 31.7 Å². The maximum Gasteiger partial charge on any atom is 0.311 e. The molecule has 0 aromatic rings. The minimum absolute atomic E-state index is 0.0837. The monoisotopic (exact) mass is 256 g/mol. The SMILES string of the molecule is O=C(NCC1(C(=O)O)CCOCC1)[C@H]1CCCN1. The minimum Gasteiger partial charge on any atom is -0.481 e. The second-order valence-electron chi connectivity index (χ2n) is 5.06. The van der Waals surface area contributed by atoms with Crippen LogP contribution < -0.4 is 10.6 Å². The molecule has 0 spiro atoms. The van der Waals surface area contributed by atoms with Gasteiger partial charge in [-0.2, -0.15) is 0 Å². The van der Waals surface area contributed by atoms with Crippen LogP contribution in [0.15, 0.2) is 0 Å². The Morgan fingerprint density at radius 1 is 1.39 bits per heavy atom. The summed E-state index contributed by atoms with van der Waals surface area (Å²) in [6.07, 6.45) is 2.74. The van der Waals surface area contributed by atoms with Gasteiger partial charge in [-0.3, -0.25) is 9.59 Å². The van der Waals surface area contributed by atoms with E-state index in [9.17, 15) is 14.7 Å². The molecule has 1 atom stereocenters. The summed E-state index contributed by atoms with van der Waals surface area (Å²) in [7, 11) is 0. The van der Waals surface area contributed by atoms with Gasteiger partial charge in [0.05, 0.1) is 11.5 Å². The zero-order chi connectivity index (χ0) is 13.0. The van der Waals surface area contributed by atoms with Crippen molar-refractivity contribution in [1.82, 2.24) is 10.6 Å². The summed E-state index contributed by atoms with van der Waals surface area (Å²) in [5.41, 5.74) is -0.855. The molecule has 0 bridgehead atoms. The lowest BCUT2D eigenvalue weighted by Gasteiger charge is -2.33. The zero-order valence-electron chi connectivity index (χ0n) is 10.4. The molecule has 2 aliphatic rings. The van der Waals surface area contributed by atoms with E-state index in [1.54, 1.807) is 0 Å². The van der Waals surface area contributed by atoms with E-state index in [-0.39, 0.29) is 18.5 Å². The van der Waals surface area contributed by atoms with Crippen LogP contribution in [0.1, 0.15) is 25.7 Å². The fraction of sp³-hybridized carbons (Fsp3) is 0.833. The predicted octanol–water partition coefficient (Wildman–Crippen LogP) is -0.264. The molecule has 2 aliphatic heterocycles. The van der Waals surface area contributed by atoms with Gasteiger partial charge >= 0.3 is 5.97 Å². The normalized spacial score (nSPS) is 26.8. The van der Waals surface area contributed by atoms with E-state index < -0.39 is 11.4 Å². The van der Waals surface area contributed by atoms with Crippen LogP contribution >= 0.6 is 0 Å². The minimum atomic E-state index is -0.855. The van der Waals surface area contributed by atoms with E-state index in [4.69, 9.17) is 4.74 Å². The van der Waals surface area contributed by atoms with E-state index in [1.165, 1.54) is 0 Å². The van der Waals surface area contributed by atoms with E-state index in [2.05, 4.69) is 10.6 Å². The molecule has 0 radical (unpaired) electrons. The maximum atomic E-state index is 11.9. The Morgan fingerprint density at radius 2 is 2.11 bits per heavy atom. The van der Waals surface area contributed by atoms with Crippen molar-refractivity contribution in [3.63, 3.8) is 0 Å². The Kier molecular flexibility index (Phi) is 4.19. The number of ether oxygens (including phenoxy) is 1. The number of carbonyl (C=O) groups is 2. The van der Waals surface area contributed by atoms with E-state index in [1.807, 2.05) is 0 Å². The number of carboxylic acids is 1. The number of rotatable bonds is 4. The van der Waals surface area contributed by atoms with Crippen molar-refractivity contribution >= 4 is 11.9 Å². The number of amides is 1. The third-order valence-corrected chi connectivity index (χ3v) is 3.88. The smallest absolute Gasteiger partial charge is 0.311 e. The molecule has 2 heterocycles. The van der Waals surface area contributed by atoms with Gasteiger partial charge in [-0.25, -0.2) is 0 Å². The van der Waals surface area contributed by atoms with Crippen LogP contribution in [-0.4, -0.2) is 49.3 Å². The summed E-state index contributed by atoms with van der Waals surface area (Å²) in [5.74, 6) is -0.926. The second kappa shape index (κ2) is 5.67. The Bertz CT molecular complexity index is 320. The number of carbonyl (C=O) groups excluding carboxylic acids is 1. The molecule has 0 saturated carbocycles. The first-order chi connectivity index (χ1) is 8.64. The Morgan fingerprint density at radius 3 is 2.67 bits per heavy atom. The van der Waals surface area contributed by atoms with Gasteiger partial charge in [0.2, 0.25) is 5.91 Å². The largest absolute Gasteiger partial charge is 0.481 e. The number of hydrogen-bond acceptors (Lipinski definition) is 4. The number of nitrogens with one attached hydrogen (secondary N) is 2. The van der Waals surface area contributed by atoms with Gasteiger partial charge in [0.1, 0.15) is 0 Å². The molecule has 0 aliphatic carbocycles. The van der Waals surface area contributed by atoms with Crippen molar-refractivity contribution < 1.29 is 19.4 Å². The number of carboxylic acid groups (broad SMARTS) is 1. The van der Waals surface area contributed by atoms with Gasteiger partial charge in [0.15, 0.2) is 0 Å². The summed E-state index contributed by atoms with van der Waals surface area (Å²) < 4.78 is 5.19. The fourth-order valence-electron chi connectivity index (χ4n) is 2.52. The van der Waals surface area contributed by atoms with Crippen molar-refractivity contribution in [2.75, 3.05) is 26.3 Å². The zero-order valence-corrected chi connectivity index (χ0v) is 10.4. The molecule has 2 rings (SSSR count). The molecule has 0 unspecified atom stereocenters. The summed E-state index contributed by atoms with van der Waals surface area (Å²) in [6.45, 7) is 1.95. The number of hydrogen-bond donors (Lipinski definition) is 3. The third kappa shape index (κ3) is 2.81. The summed E-state index contributed by atoms with van der Waals surface area (Å²) in [6, 6.07) is -0.157. The van der Waals surface area contributed by atoms with E-state index in [0.717, 1.165) is 19.4 Å². The van der Waals surface area contributed by atoms with Crippen molar-refractivity contribution in [3.8, 4) is 0 Å². The average molecular weight is 256 g/mol. The first-order valence-electron chi connectivity index (χ1n) is 6.46. The molecule has 0 aromatic carbocycles. The second-order valence-corrected chi connectivity index (χ2v) is 5.06. The Hall–Kier alpha value is -1.14. The van der Waals surface area contributed by atoms with Crippen LogP contribution in [0.5, 0.6) is 0 Å². The molecular formula is C12H20N2O4. The van der Waals surface area contributed by atoms with Crippen molar-refractivity contribution in [2.24, 2.45) is 5.41 Å². The molecule has 0 aromatic heterocycles. The Balaban J connectivity index is 1.89.